The fourth-order valence-corrected chi connectivity index (χ4v) is 1.19. The summed E-state index contributed by atoms with van der Waals surface area (Å²) in [4.78, 5) is 13.1. The highest BCUT2D eigenvalue weighted by Crippen LogP contribution is 1.99. The molecule has 0 spiro atoms. The van der Waals surface area contributed by atoms with Crippen LogP contribution in [0, 0.1) is 0 Å². The summed E-state index contributed by atoms with van der Waals surface area (Å²) in [6, 6.07) is -0.00324. The monoisotopic (exact) mass is 202 g/mol. The maximum absolute atomic E-state index is 11.5. The summed E-state index contributed by atoms with van der Waals surface area (Å²) in [7, 11) is 5.18. The van der Waals surface area contributed by atoms with Crippen molar-refractivity contribution in [2.75, 3.05) is 21.2 Å². The lowest BCUT2D eigenvalue weighted by Gasteiger charge is -2.25. The van der Waals surface area contributed by atoms with Gasteiger partial charge in [-0.1, -0.05) is 0 Å². The Hall–Kier alpha value is -0.610. The Morgan fingerprint density at radius 1 is 1.29 bits per heavy atom. The van der Waals surface area contributed by atoms with Crippen LogP contribution in [-0.4, -0.2) is 50.2 Å². The highest BCUT2D eigenvalue weighted by Gasteiger charge is 2.19. The van der Waals surface area contributed by atoms with Crippen LogP contribution in [0.25, 0.3) is 0 Å². The van der Waals surface area contributed by atoms with Gasteiger partial charge in [-0.25, -0.2) is 0 Å². The van der Waals surface area contributed by atoms with Gasteiger partial charge in [0.2, 0.25) is 5.91 Å². The lowest BCUT2D eigenvalue weighted by molar-refractivity contribution is -0.130. The number of amides is 1. The van der Waals surface area contributed by atoms with Crippen molar-refractivity contribution in [2.45, 2.75) is 39.0 Å². The molecule has 0 saturated carbocycles. The molecule has 84 valence electrons. The Labute approximate surface area is 86.6 Å². The van der Waals surface area contributed by atoms with E-state index in [1.807, 2.05) is 20.8 Å². The first kappa shape index (κ1) is 13.4. The number of nitrogens with one attached hydrogen (secondary N) is 1. The van der Waals surface area contributed by atoms with Gasteiger partial charge in [0.05, 0.1) is 12.1 Å². The van der Waals surface area contributed by atoms with Crippen molar-refractivity contribution >= 4 is 5.91 Å². The van der Waals surface area contributed by atoms with Gasteiger partial charge in [0.25, 0.3) is 0 Å². The third kappa shape index (κ3) is 4.07. The van der Waals surface area contributed by atoms with E-state index in [0.29, 0.717) is 0 Å². The summed E-state index contributed by atoms with van der Waals surface area (Å²) < 4.78 is 5.17. The standard InChI is InChI=1S/C10H22N2O2/c1-7(9(3)14-6)11-8(2)10(13)12(4)5/h7-9,11H,1-6H3. The number of rotatable bonds is 5. The molecule has 14 heavy (non-hydrogen) atoms. The van der Waals surface area contributed by atoms with E-state index in [2.05, 4.69) is 5.32 Å². The molecule has 0 heterocycles. The molecule has 0 aliphatic rings. The van der Waals surface area contributed by atoms with E-state index in [1.54, 1.807) is 26.1 Å². The van der Waals surface area contributed by atoms with Gasteiger partial charge in [-0.05, 0) is 20.8 Å². The van der Waals surface area contributed by atoms with Gasteiger partial charge >= 0.3 is 0 Å². The van der Waals surface area contributed by atoms with Crippen molar-refractivity contribution in [3.63, 3.8) is 0 Å². The van der Waals surface area contributed by atoms with Gasteiger partial charge in [-0.15, -0.1) is 0 Å². The minimum atomic E-state index is -0.169. The van der Waals surface area contributed by atoms with Crippen molar-refractivity contribution < 1.29 is 9.53 Å². The summed E-state index contributed by atoms with van der Waals surface area (Å²) >= 11 is 0. The van der Waals surface area contributed by atoms with Crippen LogP contribution in [0.15, 0.2) is 0 Å². The molecule has 3 atom stereocenters. The van der Waals surface area contributed by atoms with Crippen molar-refractivity contribution in [1.29, 1.82) is 0 Å². The molecule has 0 fully saturated rings. The molecule has 0 aromatic heterocycles. The highest BCUT2D eigenvalue weighted by molar-refractivity contribution is 5.80. The second kappa shape index (κ2) is 5.98. The molecule has 0 aliphatic heterocycles. The molecule has 4 heteroatoms. The van der Waals surface area contributed by atoms with Crippen molar-refractivity contribution in [3.05, 3.63) is 0 Å². The molecule has 0 aromatic carbocycles. The number of hydrogen-bond donors (Lipinski definition) is 1. The molecule has 0 bridgehead atoms. The average Bonchev–Trinajstić information content (AvgIpc) is 2.14. The topological polar surface area (TPSA) is 41.6 Å². The zero-order valence-corrected chi connectivity index (χ0v) is 10.00. The van der Waals surface area contributed by atoms with E-state index < -0.39 is 0 Å². The molecule has 1 amide bonds. The Morgan fingerprint density at radius 3 is 2.14 bits per heavy atom. The summed E-state index contributed by atoms with van der Waals surface area (Å²) in [6.07, 6.45) is 0.104. The number of likely N-dealkylation sites (N-methyl/N-ethyl adjacent to an activating group) is 1. The van der Waals surface area contributed by atoms with Gasteiger partial charge < -0.3 is 15.0 Å². The summed E-state index contributed by atoms with van der Waals surface area (Å²) in [5, 5.41) is 3.20. The molecule has 0 radical (unpaired) electrons. The van der Waals surface area contributed by atoms with Crippen LogP contribution in [0.1, 0.15) is 20.8 Å². The molecule has 0 rings (SSSR count). The molecule has 4 nitrogen and oxygen atoms in total. The molecule has 0 aromatic rings. The van der Waals surface area contributed by atoms with Gasteiger partial charge in [0, 0.05) is 27.2 Å². The summed E-state index contributed by atoms with van der Waals surface area (Å²) in [5.74, 6) is 0.0835. The largest absolute Gasteiger partial charge is 0.380 e. The lowest BCUT2D eigenvalue weighted by Crippen LogP contribution is -2.48. The SMILES string of the molecule is COC(C)C(C)NC(C)C(=O)N(C)C. The van der Waals surface area contributed by atoms with Gasteiger partial charge in [-0.2, -0.15) is 0 Å². The van der Waals surface area contributed by atoms with Gasteiger partial charge in [0.15, 0.2) is 0 Å². The lowest BCUT2D eigenvalue weighted by atomic mass is 10.1. The van der Waals surface area contributed by atoms with E-state index in [9.17, 15) is 4.79 Å². The third-order valence-electron chi connectivity index (χ3n) is 2.40. The maximum Gasteiger partial charge on any atom is 0.238 e. The first-order chi connectivity index (χ1) is 6.40. The Bertz CT molecular complexity index is 183. The zero-order chi connectivity index (χ0) is 11.3. The van der Waals surface area contributed by atoms with E-state index in [1.165, 1.54) is 0 Å². The summed E-state index contributed by atoms with van der Waals surface area (Å²) in [6.45, 7) is 5.85. The van der Waals surface area contributed by atoms with Crippen LogP contribution in [0.5, 0.6) is 0 Å². The number of methoxy groups -OCH3 is 1. The third-order valence-corrected chi connectivity index (χ3v) is 2.40. The Balaban J connectivity index is 4.05. The van der Waals surface area contributed by atoms with E-state index in [-0.39, 0.29) is 24.1 Å². The first-order valence-corrected chi connectivity index (χ1v) is 4.90. The first-order valence-electron chi connectivity index (χ1n) is 4.90. The predicted octanol–water partition coefficient (Wildman–Crippen LogP) is 0.476. The summed E-state index contributed by atoms with van der Waals surface area (Å²) in [5.41, 5.74) is 0. The quantitative estimate of drug-likeness (QED) is 0.705. The minimum Gasteiger partial charge on any atom is -0.380 e. The van der Waals surface area contributed by atoms with E-state index >= 15 is 0 Å². The maximum atomic E-state index is 11.5. The van der Waals surface area contributed by atoms with Crippen molar-refractivity contribution in [2.24, 2.45) is 0 Å². The van der Waals surface area contributed by atoms with Crippen LogP contribution in [0.2, 0.25) is 0 Å². The molecular weight excluding hydrogens is 180 g/mol. The van der Waals surface area contributed by atoms with Crippen LogP contribution in [0.3, 0.4) is 0 Å². The molecule has 0 saturated heterocycles. The number of carbonyl (C=O) groups excluding carboxylic acids is 1. The van der Waals surface area contributed by atoms with Crippen LogP contribution in [-0.2, 0) is 9.53 Å². The Morgan fingerprint density at radius 2 is 1.79 bits per heavy atom. The number of hydrogen-bond acceptors (Lipinski definition) is 3. The van der Waals surface area contributed by atoms with E-state index in [4.69, 9.17) is 4.74 Å². The second-order valence-corrected chi connectivity index (χ2v) is 3.85. The number of ether oxygens (including phenoxy) is 1. The van der Waals surface area contributed by atoms with Crippen LogP contribution in [0.4, 0.5) is 0 Å². The fraction of sp³-hybridized carbons (Fsp3) is 0.900. The Kier molecular flexibility index (Phi) is 5.72. The van der Waals surface area contributed by atoms with Crippen LogP contribution >= 0.6 is 0 Å². The molecule has 1 N–H and O–H groups in total. The van der Waals surface area contributed by atoms with Gasteiger partial charge in [-0.3, -0.25) is 4.79 Å². The van der Waals surface area contributed by atoms with E-state index in [0.717, 1.165) is 0 Å². The number of nitrogens with zero attached hydrogens (tertiary/aromatic N) is 1. The fourth-order valence-electron chi connectivity index (χ4n) is 1.19. The van der Waals surface area contributed by atoms with Gasteiger partial charge in [0.1, 0.15) is 0 Å². The molecular formula is C10H22N2O2. The smallest absolute Gasteiger partial charge is 0.238 e. The van der Waals surface area contributed by atoms with Crippen LogP contribution < -0.4 is 5.32 Å². The second-order valence-electron chi connectivity index (χ2n) is 3.85. The normalized spacial score (nSPS) is 17.3. The number of carbonyl (C=O) groups is 1. The highest BCUT2D eigenvalue weighted by atomic mass is 16.5. The van der Waals surface area contributed by atoms with Crippen molar-refractivity contribution in [1.82, 2.24) is 10.2 Å². The zero-order valence-electron chi connectivity index (χ0n) is 10.00. The van der Waals surface area contributed by atoms with Crippen molar-refractivity contribution in [3.8, 4) is 0 Å². The molecule has 3 unspecified atom stereocenters. The predicted molar refractivity (Wildman–Crippen MR) is 57.2 cm³/mol. The minimum absolute atomic E-state index is 0.0835. The molecule has 0 aliphatic carbocycles. The average molecular weight is 202 g/mol.